The first-order valence-electron chi connectivity index (χ1n) is 11.7. The lowest BCUT2D eigenvalue weighted by atomic mass is 10.1. The summed E-state index contributed by atoms with van der Waals surface area (Å²) in [5.74, 6) is 1.39. The minimum Gasteiger partial charge on any atom is -0.378 e. The summed E-state index contributed by atoms with van der Waals surface area (Å²) < 4.78 is 8.76. The summed E-state index contributed by atoms with van der Waals surface area (Å²) in [5.41, 5.74) is 7.77. The Kier molecular flexibility index (Phi) is 6.03. The molecule has 8 nitrogen and oxygen atoms in total. The molecule has 0 spiro atoms. The van der Waals surface area contributed by atoms with Crippen molar-refractivity contribution in [2.75, 3.05) is 36.6 Å². The van der Waals surface area contributed by atoms with Gasteiger partial charge in [-0.15, -0.1) is 11.3 Å². The van der Waals surface area contributed by atoms with Crippen molar-refractivity contribution in [3.05, 3.63) is 82.9 Å². The third-order valence-electron chi connectivity index (χ3n) is 6.19. The lowest BCUT2D eigenvalue weighted by molar-refractivity contribution is 0.122. The summed E-state index contributed by atoms with van der Waals surface area (Å²) in [6, 6.07) is 20.2. The zero-order valence-electron chi connectivity index (χ0n) is 19.5. The van der Waals surface area contributed by atoms with Crippen molar-refractivity contribution >= 4 is 50.4 Å². The minimum absolute atomic E-state index is 0.468. The average Bonchev–Trinajstić information content (AvgIpc) is 3.54. The SMILES string of the molecule is N#Cc1cccc(Cn2cc(/C=N/Nc3nc(N4CCOCC4)c4sccc4n3)c3ccccc32)c1. The van der Waals surface area contributed by atoms with E-state index < -0.39 is 0 Å². The van der Waals surface area contributed by atoms with Gasteiger partial charge in [0, 0.05) is 42.3 Å². The topological polar surface area (TPSA) is 91.4 Å². The molecule has 9 heteroatoms. The van der Waals surface area contributed by atoms with Crippen LogP contribution in [0, 0.1) is 11.3 Å². The van der Waals surface area contributed by atoms with Gasteiger partial charge in [0.05, 0.1) is 41.3 Å². The van der Waals surface area contributed by atoms with Gasteiger partial charge >= 0.3 is 0 Å². The van der Waals surface area contributed by atoms with E-state index in [1.54, 1.807) is 17.6 Å². The van der Waals surface area contributed by atoms with Crippen LogP contribution in [0.4, 0.5) is 11.8 Å². The number of morpholine rings is 1. The number of anilines is 2. The van der Waals surface area contributed by atoms with Crippen molar-refractivity contribution < 1.29 is 4.74 Å². The molecule has 1 aliphatic rings. The second-order valence-electron chi connectivity index (χ2n) is 8.52. The maximum Gasteiger partial charge on any atom is 0.246 e. The first kappa shape index (κ1) is 22.2. The largest absolute Gasteiger partial charge is 0.378 e. The molecule has 1 aliphatic heterocycles. The number of thiophene rings is 1. The quantitative estimate of drug-likeness (QED) is 0.269. The minimum atomic E-state index is 0.468. The lowest BCUT2D eigenvalue weighted by Crippen LogP contribution is -2.36. The Bertz CT molecular complexity index is 1610. The van der Waals surface area contributed by atoms with E-state index in [9.17, 15) is 5.26 Å². The van der Waals surface area contributed by atoms with Gasteiger partial charge in [0.25, 0.3) is 0 Å². The third-order valence-corrected chi connectivity index (χ3v) is 7.09. The van der Waals surface area contributed by atoms with E-state index in [2.05, 4.69) is 49.4 Å². The van der Waals surface area contributed by atoms with Crippen LogP contribution in [0.25, 0.3) is 21.1 Å². The van der Waals surface area contributed by atoms with E-state index >= 15 is 0 Å². The number of rotatable bonds is 6. The molecular weight excluding hydrogens is 470 g/mol. The van der Waals surface area contributed by atoms with E-state index in [0.717, 1.165) is 51.2 Å². The number of hydrogen-bond donors (Lipinski definition) is 1. The van der Waals surface area contributed by atoms with Crippen LogP contribution in [0.2, 0.25) is 0 Å². The number of hydrogen-bond acceptors (Lipinski definition) is 8. The van der Waals surface area contributed by atoms with Gasteiger partial charge in [-0.25, -0.2) is 10.4 Å². The number of aromatic nitrogens is 3. The van der Waals surface area contributed by atoms with E-state index in [0.29, 0.717) is 31.3 Å². The number of nitrogens with zero attached hydrogens (tertiary/aromatic N) is 6. The van der Waals surface area contributed by atoms with Crippen molar-refractivity contribution in [2.24, 2.45) is 5.10 Å². The molecule has 0 radical (unpaired) electrons. The molecular formula is C27H23N7OS. The van der Waals surface area contributed by atoms with Crippen molar-refractivity contribution in [3.8, 4) is 6.07 Å². The van der Waals surface area contributed by atoms with Crippen LogP contribution in [-0.2, 0) is 11.3 Å². The standard InChI is InChI=1S/C27H23N7OS/c28-15-19-4-3-5-20(14-19)17-34-18-21(22-6-1-2-7-24(22)34)16-29-32-27-30-23-8-13-36-25(23)26(31-27)33-9-11-35-12-10-33/h1-8,13-14,16,18H,9-12,17H2,(H,30,31,32)/b29-16+. The van der Waals surface area contributed by atoms with Crippen LogP contribution in [0.15, 0.2) is 71.3 Å². The summed E-state index contributed by atoms with van der Waals surface area (Å²) in [6.07, 6.45) is 3.89. The molecule has 6 rings (SSSR count). The van der Waals surface area contributed by atoms with Gasteiger partial charge < -0.3 is 14.2 Å². The van der Waals surface area contributed by atoms with Crippen LogP contribution in [0.1, 0.15) is 16.7 Å². The van der Waals surface area contributed by atoms with Gasteiger partial charge in [-0.1, -0.05) is 30.3 Å². The molecule has 0 saturated carbocycles. The zero-order valence-corrected chi connectivity index (χ0v) is 20.3. The Balaban J connectivity index is 1.27. The second kappa shape index (κ2) is 9.77. The monoisotopic (exact) mass is 493 g/mol. The third kappa shape index (κ3) is 4.40. The Hall–Kier alpha value is -4.26. The Morgan fingerprint density at radius 3 is 2.89 bits per heavy atom. The highest BCUT2D eigenvalue weighted by Gasteiger charge is 2.18. The molecule has 2 aromatic carbocycles. The zero-order chi connectivity index (χ0) is 24.3. The van der Waals surface area contributed by atoms with Crippen LogP contribution < -0.4 is 10.3 Å². The highest BCUT2D eigenvalue weighted by atomic mass is 32.1. The molecule has 1 N–H and O–H groups in total. The number of para-hydroxylation sites is 1. The number of hydrazone groups is 1. The molecule has 36 heavy (non-hydrogen) atoms. The molecule has 0 unspecified atom stereocenters. The summed E-state index contributed by atoms with van der Waals surface area (Å²) in [5, 5.41) is 16.9. The van der Waals surface area contributed by atoms with E-state index in [-0.39, 0.29) is 0 Å². The Morgan fingerprint density at radius 2 is 2.00 bits per heavy atom. The van der Waals surface area contributed by atoms with Crippen molar-refractivity contribution in [2.45, 2.75) is 6.54 Å². The van der Waals surface area contributed by atoms with Gasteiger partial charge in [-0.05, 0) is 35.2 Å². The molecule has 5 aromatic rings. The molecule has 178 valence electrons. The maximum atomic E-state index is 9.23. The predicted octanol–water partition coefficient (Wildman–Crippen LogP) is 4.85. The molecule has 0 bridgehead atoms. The number of nitriles is 1. The first-order valence-corrected chi connectivity index (χ1v) is 12.6. The van der Waals surface area contributed by atoms with E-state index in [1.165, 1.54) is 0 Å². The molecule has 3 aromatic heterocycles. The van der Waals surface area contributed by atoms with Crippen LogP contribution in [-0.4, -0.2) is 47.1 Å². The summed E-state index contributed by atoms with van der Waals surface area (Å²) in [7, 11) is 0. The predicted molar refractivity (Wildman–Crippen MR) is 144 cm³/mol. The second-order valence-corrected chi connectivity index (χ2v) is 9.43. The fourth-order valence-electron chi connectivity index (χ4n) is 4.49. The molecule has 0 amide bonds. The van der Waals surface area contributed by atoms with Gasteiger partial charge in [0.15, 0.2) is 5.82 Å². The maximum absolute atomic E-state index is 9.23. The first-order chi connectivity index (χ1) is 17.8. The molecule has 1 saturated heterocycles. The Labute approximate surface area is 212 Å². The highest BCUT2D eigenvalue weighted by molar-refractivity contribution is 7.17. The fraction of sp³-hybridized carbons (Fsp3) is 0.185. The van der Waals surface area contributed by atoms with Crippen LogP contribution in [0.5, 0.6) is 0 Å². The number of ether oxygens (including phenoxy) is 1. The molecule has 0 aliphatic carbocycles. The van der Waals surface area contributed by atoms with Gasteiger partial charge in [-0.2, -0.15) is 15.3 Å². The van der Waals surface area contributed by atoms with E-state index in [4.69, 9.17) is 9.72 Å². The number of nitrogens with one attached hydrogen (secondary N) is 1. The van der Waals surface area contributed by atoms with E-state index in [1.807, 2.05) is 47.8 Å². The van der Waals surface area contributed by atoms with Crippen LogP contribution >= 0.6 is 11.3 Å². The van der Waals surface area contributed by atoms with Crippen molar-refractivity contribution in [1.29, 1.82) is 5.26 Å². The molecule has 4 heterocycles. The van der Waals surface area contributed by atoms with Gasteiger partial charge in [0.2, 0.25) is 5.95 Å². The van der Waals surface area contributed by atoms with Crippen molar-refractivity contribution in [1.82, 2.24) is 14.5 Å². The van der Waals surface area contributed by atoms with Crippen LogP contribution in [0.3, 0.4) is 0 Å². The summed E-state index contributed by atoms with van der Waals surface area (Å²) >= 11 is 1.65. The van der Waals surface area contributed by atoms with Crippen molar-refractivity contribution in [3.63, 3.8) is 0 Å². The molecule has 1 fully saturated rings. The number of fused-ring (bicyclic) bond motifs is 2. The fourth-order valence-corrected chi connectivity index (χ4v) is 5.34. The Morgan fingerprint density at radius 1 is 1.11 bits per heavy atom. The number of benzene rings is 2. The summed E-state index contributed by atoms with van der Waals surface area (Å²) in [4.78, 5) is 11.7. The normalized spacial score (nSPS) is 14.0. The van der Waals surface area contributed by atoms with Gasteiger partial charge in [0.1, 0.15) is 0 Å². The summed E-state index contributed by atoms with van der Waals surface area (Å²) in [6.45, 7) is 3.68. The smallest absolute Gasteiger partial charge is 0.246 e. The average molecular weight is 494 g/mol. The lowest BCUT2D eigenvalue weighted by Gasteiger charge is -2.28. The van der Waals surface area contributed by atoms with Gasteiger partial charge in [-0.3, -0.25) is 0 Å². The molecule has 0 atom stereocenters. The highest BCUT2D eigenvalue weighted by Crippen LogP contribution is 2.30.